The van der Waals surface area contributed by atoms with E-state index in [1.165, 1.54) is 0 Å². The molecule has 1 aromatic carbocycles. The summed E-state index contributed by atoms with van der Waals surface area (Å²) in [5, 5.41) is 21.0. The lowest BCUT2D eigenvalue weighted by molar-refractivity contribution is 0.0927. The Labute approximate surface area is 175 Å². The van der Waals surface area contributed by atoms with Crippen LogP contribution in [0.4, 0.5) is 0 Å². The van der Waals surface area contributed by atoms with Crippen molar-refractivity contribution >= 4 is 41.8 Å². The maximum Gasteiger partial charge on any atom is 0.252 e. The summed E-state index contributed by atoms with van der Waals surface area (Å²) in [6.07, 6.45) is 2.89. The number of β-amino-alcohol motifs (C(OH)–C–C–N with tert-alkyl or cyclic N) is 1. The number of nitrogens with one attached hydrogen (secondary N) is 2. The van der Waals surface area contributed by atoms with Crippen molar-refractivity contribution in [3.8, 4) is 0 Å². The molecule has 0 radical (unpaired) electrons. The molecule has 3 aromatic rings. The van der Waals surface area contributed by atoms with Crippen molar-refractivity contribution in [2.45, 2.75) is 12.6 Å². The number of benzene rings is 1. The van der Waals surface area contributed by atoms with Crippen LogP contribution in [-0.2, 0) is 6.54 Å². The molecule has 0 saturated carbocycles. The molecule has 3 N–H and O–H groups in total. The van der Waals surface area contributed by atoms with Gasteiger partial charge >= 0.3 is 0 Å². The summed E-state index contributed by atoms with van der Waals surface area (Å²) >= 11 is 0. The van der Waals surface area contributed by atoms with Crippen LogP contribution in [0.5, 0.6) is 0 Å². The van der Waals surface area contributed by atoms with E-state index in [1.807, 2.05) is 35.0 Å². The Hall–Kier alpha value is -2.19. The predicted octanol–water partition coefficient (Wildman–Crippen LogP) is 1.63. The molecule has 9 heteroatoms. The maximum absolute atomic E-state index is 12.4. The fourth-order valence-corrected chi connectivity index (χ4v) is 3.22. The number of hydrogen-bond donors (Lipinski definition) is 3. The van der Waals surface area contributed by atoms with Crippen LogP contribution in [0, 0.1) is 5.92 Å². The second-order valence-electron chi connectivity index (χ2n) is 6.62. The number of aliphatic hydroxyl groups excluding tert-OH is 1. The van der Waals surface area contributed by atoms with E-state index in [2.05, 4.69) is 20.7 Å². The molecule has 4 rings (SSSR count). The molecule has 1 aliphatic rings. The molecule has 1 amide bonds. The molecule has 0 bridgehead atoms. The molecular formula is C19H23Cl2N5O2. The average molecular weight is 424 g/mol. The normalized spacial score (nSPS) is 18.3. The summed E-state index contributed by atoms with van der Waals surface area (Å²) in [5.74, 6) is -0.140. The molecule has 2 aromatic heterocycles. The number of nitrogens with zero attached hydrogens (tertiary/aromatic N) is 3. The minimum absolute atomic E-state index is 0. The first kappa shape index (κ1) is 22.1. The topological polar surface area (TPSA) is 92.1 Å². The first-order valence-corrected chi connectivity index (χ1v) is 8.73. The summed E-state index contributed by atoms with van der Waals surface area (Å²) in [5.41, 5.74) is 2.39. The molecule has 28 heavy (non-hydrogen) atoms. The van der Waals surface area contributed by atoms with Crippen molar-refractivity contribution in [2.24, 2.45) is 5.92 Å². The van der Waals surface area contributed by atoms with E-state index in [-0.39, 0.29) is 36.6 Å². The Morgan fingerprint density at radius 2 is 2.00 bits per heavy atom. The van der Waals surface area contributed by atoms with E-state index in [0.29, 0.717) is 31.7 Å². The van der Waals surface area contributed by atoms with Gasteiger partial charge < -0.3 is 15.7 Å². The number of amides is 1. The molecule has 7 nitrogen and oxygen atoms in total. The highest BCUT2D eigenvalue weighted by molar-refractivity contribution is 5.96. The van der Waals surface area contributed by atoms with Gasteiger partial charge in [0, 0.05) is 37.1 Å². The molecule has 1 fully saturated rings. The zero-order valence-corrected chi connectivity index (χ0v) is 16.7. The van der Waals surface area contributed by atoms with Crippen LogP contribution in [-0.4, -0.2) is 51.5 Å². The van der Waals surface area contributed by atoms with Crippen molar-refractivity contribution in [1.82, 2.24) is 25.4 Å². The number of carbonyl (C=O) groups excluding carboxylic acids is 1. The minimum atomic E-state index is -0.410. The molecule has 1 aliphatic heterocycles. The Morgan fingerprint density at radius 1 is 1.21 bits per heavy atom. The lowest BCUT2D eigenvalue weighted by Crippen LogP contribution is -2.34. The lowest BCUT2D eigenvalue weighted by atomic mass is 10.1. The van der Waals surface area contributed by atoms with Crippen molar-refractivity contribution in [1.29, 1.82) is 0 Å². The van der Waals surface area contributed by atoms with Crippen LogP contribution in [0.1, 0.15) is 15.9 Å². The van der Waals surface area contributed by atoms with E-state index in [4.69, 9.17) is 0 Å². The maximum atomic E-state index is 12.4. The Balaban J connectivity index is 0.00000140. The van der Waals surface area contributed by atoms with E-state index in [0.717, 1.165) is 16.6 Å². The van der Waals surface area contributed by atoms with Crippen molar-refractivity contribution in [3.63, 3.8) is 0 Å². The van der Waals surface area contributed by atoms with E-state index < -0.39 is 6.10 Å². The van der Waals surface area contributed by atoms with Crippen LogP contribution in [0.25, 0.3) is 11.0 Å². The summed E-state index contributed by atoms with van der Waals surface area (Å²) in [7, 11) is 0. The third kappa shape index (κ3) is 4.80. The van der Waals surface area contributed by atoms with Gasteiger partial charge in [-0.2, -0.15) is 5.10 Å². The van der Waals surface area contributed by atoms with Crippen molar-refractivity contribution in [2.75, 3.05) is 19.6 Å². The van der Waals surface area contributed by atoms with Gasteiger partial charge in [-0.3, -0.25) is 4.79 Å². The molecule has 3 heterocycles. The van der Waals surface area contributed by atoms with Gasteiger partial charge in [-0.1, -0.05) is 30.3 Å². The van der Waals surface area contributed by atoms with Gasteiger partial charge in [-0.25, -0.2) is 9.67 Å². The van der Waals surface area contributed by atoms with Crippen molar-refractivity contribution in [3.05, 3.63) is 59.9 Å². The Morgan fingerprint density at radius 3 is 2.71 bits per heavy atom. The van der Waals surface area contributed by atoms with Crippen LogP contribution in [0.3, 0.4) is 0 Å². The third-order valence-electron chi connectivity index (χ3n) is 4.74. The number of aromatic nitrogens is 3. The predicted molar refractivity (Wildman–Crippen MR) is 112 cm³/mol. The number of fused-ring (bicyclic) bond motifs is 1. The quantitative estimate of drug-likeness (QED) is 0.579. The minimum Gasteiger partial charge on any atom is -0.391 e. The number of aliphatic hydroxyl groups is 1. The number of halogens is 2. The highest BCUT2D eigenvalue weighted by atomic mass is 35.5. The van der Waals surface area contributed by atoms with E-state index >= 15 is 0 Å². The average Bonchev–Trinajstić information content (AvgIpc) is 3.26. The molecule has 2 atom stereocenters. The zero-order valence-electron chi connectivity index (χ0n) is 15.1. The highest BCUT2D eigenvalue weighted by Crippen LogP contribution is 2.15. The monoisotopic (exact) mass is 423 g/mol. The molecule has 2 unspecified atom stereocenters. The van der Waals surface area contributed by atoms with Gasteiger partial charge in [0.25, 0.3) is 5.91 Å². The van der Waals surface area contributed by atoms with Crippen LogP contribution in [0.15, 0.2) is 48.8 Å². The fourth-order valence-electron chi connectivity index (χ4n) is 3.22. The standard InChI is InChI=1S/C19H21N5O2.2ClH/c25-17-11-20-7-16(17)9-22-19(26)15-6-14-10-23-24(18(14)21-8-15)12-13-4-2-1-3-5-13;;/h1-6,8,10,16-17,20,25H,7,9,11-12H2,(H,22,26);2*1H. The number of rotatable bonds is 5. The molecule has 150 valence electrons. The Kier molecular flexibility index (Phi) is 7.77. The number of hydrogen-bond acceptors (Lipinski definition) is 5. The molecule has 0 aliphatic carbocycles. The molecular weight excluding hydrogens is 401 g/mol. The Bertz CT molecular complexity index is 919. The van der Waals surface area contributed by atoms with Crippen molar-refractivity contribution < 1.29 is 9.90 Å². The second kappa shape index (κ2) is 9.84. The summed E-state index contributed by atoms with van der Waals surface area (Å²) < 4.78 is 1.83. The van der Waals surface area contributed by atoms with Gasteiger partial charge in [-0.15, -0.1) is 24.8 Å². The first-order chi connectivity index (χ1) is 12.7. The van der Waals surface area contributed by atoms with Crippen LogP contribution < -0.4 is 10.6 Å². The van der Waals surface area contributed by atoms with Crippen LogP contribution >= 0.6 is 24.8 Å². The lowest BCUT2D eigenvalue weighted by Gasteiger charge is -2.14. The number of carbonyl (C=O) groups is 1. The van der Waals surface area contributed by atoms with Gasteiger partial charge in [0.15, 0.2) is 5.65 Å². The SMILES string of the molecule is Cl.Cl.O=C(NCC1CNCC1O)c1cnc2c(cnn2Cc2ccccc2)c1. The van der Waals surface area contributed by atoms with Gasteiger partial charge in [-0.05, 0) is 11.6 Å². The first-order valence-electron chi connectivity index (χ1n) is 8.73. The number of pyridine rings is 1. The highest BCUT2D eigenvalue weighted by Gasteiger charge is 2.25. The molecule has 1 saturated heterocycles. The van der Waals surface area contributed by atoms with Crippen LogP contribution in [0.2, 0.25) is 0 Å². The summed E-state index contributed by atoms with van der Waals surface area (Å²) in [6.45, 7) is 2.37. The van der Waals surface area contributed by atoms with Gasteiger partial charge in [0.2, 0.25) is 0 Å². The smallest absolute Gasteiger partial charge is 0.252 e. The van der Waals surface area contributed by atoms with E-state index in [1.54, 1.807) is 18.5 Å². The zero-order chi connectivity index (χ0) is 17.9. The fraction of sp³-hybridized carbons (Fsp3) is 0.316. The second-order valence-corrected chi connectivity index (χ2v) is 6.62. The van der Waals surface area contributed by atoms with Gasteiger partial charge in [0.1, 0.15) is 0 Å². The molecule has 0 spiro atoms. The summed E-state index contributed by atoms with van der Waals surface area (Å²) in [6, 6.07) is 11.9. The largest absolute Gasteiger partial charge is 0.391 e. The van der Waals surface area contributed by atoms with E-state index in [9.17, 15) is 9.90 Å². The summed E-state index contributed by atoms with van der Waals surface area (Å²) in [4.78, 5) is 16.8. The third-order valence-corrected chi connectivity index (χ3v) is 4.74. The van der Waals surface area contributed by atoms with Gasteiger partial charge in [0.05, 0.1) is 24.4 Å².